The molecule has 1 heterocycles. The van der Waals surface area contributed by atoms with Crippen molar-refractivity contribution in [1.82, 2.24) is 4.98 Å². The molecule has 0 N–H and O–H groups in total. The Kier molecular flexibility index (Phi) is 28.1. The molecule has 0 atom stereocenters. The van der Waals surface area contributed by atoms with E-state index in [0.717, 1.165) is 16.3 Å². The predicted octanol–water partition coefficient (Wildman–Crippen LogP) is 26.2. The Balaban J connectivity index is 0.000000534. The fraction of sp³-hybridized carbons (Fsp3) is 0.588. The van der Waals surface area contributed by atoms with Gasteiger partial charge in [0.2, 0.25) is 0 Å². The van der Waals surface area contributed by atoms with E-state index in [4.69, 9.17) is 16.3 Å². The van der Waals surface area contributed by atoms with Crippen molar-refractivity contribution >= 4 is 11.6 Å². The minimum atomic E-state index is -0.145. The molecule has 0 radical (unpaired) electrons. The van der Waals surface area contributed by atoms with Gasteiger partial charge in [-0.1, -0.05) is 333 Å². The molecule has 0 fully saturated rings. The van der Waals surface area contributed by atoms with Crippen LogP contribution < -0.4 is 4.74 Å². The molecule has 89 heavy (non-hydrogen) atoms. The quantitative estimate of drug-likeness (QED) is 0.164. The van der Waals surface area contributed by atoms with Gasteiger partial charge in [-0.05, 0) is 170 Å². The van der Waals surface area contributed by atoms with Crippen molar-refractivity contribution in [2.75, 3.05) is 7.11 Å². The van der Waals surface area contributed by atoms with E-state index in [9.17, 15) is 4.39 Å². The van der Waals surface area contributed by atoms with Crippen molar-refractivity contribution in [3.05, 3.63) is 199 Å². The molecule has 1 aromatic heterocycles. The number of hydrogen-bond acceptors (Lipinski definition) is 2. The molecule has 0 aliphatic heterocycles. The van der Waals surface area contributed by atoms with Crippen LogP contribution in [0.2, 0.25) is 5.02 Å². The number of nitrogens with zero attached hydrogens (tertiary/aromatic N) is 1. The second-order valence-corrected chi connectivity index (χ2v) is 37.7. The van der Waals surface area contributed by atoms with Crippen molar-refractivity contribution in [3.8, 4) is 5.75 Å². The summed E-state index contributed by atoms with van der Waals surface area (Å²) in [5.74, 6) is 0.797. The summed E-state index contributed by atoms with van der Waals surface area (Å²) in [6.07, 6.45) is 1.88. The summed E-state index contributed by atoms with van der Waals surface area (Å²) >= 11 is 6.07. The lowest BCUT2D eigenvalue weighted by Crippen LogP contribution is -2.23. The molecule has 5 aromatic carbocycles. The molecule has 2 nitrogen and oxygen atoms in total. The van der Waals surface area contributed by atoms with E-state index < -0.39 is 0 Å². The SMILES string of the molecule is CC(C)(C)c1ccc(Cl)cc1C(C)(C)C.CC(C)(C)c1ccc(F)cc1C(C)(C)C.CC(C)(C)c1ccccc1C(C)(C)C.CC(C)(C)c1cccnc1C(C)(C)C.COc1ccc(C(C)(C)C)c(C(C)(C)C)c1.Cc1ccc(C(C)(C)C)c(C(C)(C)C)c1. The van der Waals surface area contributed by atoms with Gasteiger partial charge in [0.05, 0.1) is 7.11 Å². The summed E-state index contributed by atoms with van der Waals surface area (Å²) < 4.78 is 18.6. The van der Waals surface area contributed by atoms with Gasteiger partial charge in [0.15, 0.2) is 0 Å². The van der Waals surface area contributed by atoms with E-state index in [-0.39, 0.29) is 70.8 Å². The smallest absolute Gasteiger partial charge is 0.123 e. The number of aromatic nitrogens is 1. The monoisotopic (exact) mass is 1240 g/mol. The molecule has 0 bridgehead atoms. The highest BCUT2D eigenvalue weighted by Gasteiger charge is 2.30. The third kappa shape index (κ3) is 26.8. The van der Waals surface area contributed by atoms with Crippen LogP contribution in [-0.4, -0.2) is 12.1 Å². The van der Waals surface area contributed by atoms with Crippen LogP contribution in [0.25, 0.3) is 0 Å². The van der Waals surface area contributed by atoms with Crippen LogP contribution in [0.4, 0.5) is 4.39 Å². The number of hydrogen-bond donors (Lipinski definition) is 0. The van der Waals surface area contributed by atoms with Crippen LogP contribution in [0, 0.1) is 12.7 Å². The molecule has 0 saturated carbocycles. The van der Waals surface area contributed by atoms with Gasteiger partial charge >= 0.3 is 0 Å². The highest BCUT2D eigenvalue weighted by molar-refractivity contribution is 6.30. The van der Waals surface area contributed by atoms with Crippen LogP contribution in [0.5, 0.6) is 5.75 Å². The van der Waals surface area contributed by atoms with Gasteiger partial charge in [-0.2, -0.15) is 0 Å². The second-order valence-electron chi connectivity index (χ2n) is 37.3. The summed E-state index contributed by atoms with van der Waals surface area (Å²) in [6.45, 7) is 82.7. The van der Waals surface area contributed by atoms with Crippen LogP contribution in [0.3, 0.4) is 0 Å². The number of benzene rings is 5. The molecule has 0 saturated heterocycles. The van der Waals surface area contributed by atoms with Crippen molar-refractivity contribution in [2.45, 2.75) is 321 Å². The van der Waals surface area contributed by atoms with Crippen LogP contribution in [0.1, 0.15) is 322 Å². The average Bonchev–Trinajstić information content (AvgIpc) is 3.49. The molecule has 0 spiro atoms. The summed E-state index contributed by atoms with van der Waals surface area (Å²) in [6, 6.07) is 37.6. The van der Waals surface area contributed by atoms with Gasteiger partial charge in [-0.25, -0.2) is 4.39 Å². The van der Waals surface area contributed by atoms with E-state index in [0.29, 0.717) is 0 Å². The van der Waals surface area contributed by atoms with Gasteiger partial charge in [0.1, 0.15) is 11.6 Å². The zero-order valence-corrected chi connectivity index (χ0v) is 65.3. The van der Waals surface area contributed by atoms with Gasteiger partial charge < -0.3 is 4.74 Å². The molecule has 498 valence electrons. The first-order valence-corrected chi connectivity index (χ1v) is 33.3. The lowest BCUT2D eigenvalue weighted by atomic mass is 9.75. The van der Waals surface area contributed by atoms with Crippen molar-refractivity contribution in [3.63, 3.8) is 0 Å². The summed E-state index contributed by atoms with van der Waals surface area (Å²) in [5, 5.41) is 0.827. The van der Waals surface area contributed by atoms with Crippen LogP contribution >= 0.6 is 11.6 Å². The molecular weight excluding hydrogens is 1110 g/mol. The minimum Gasteiger partial charge on any atom is -0.497 e. The number of methoxy groups -OCH3 is 1. The first kappa shape index (κ1) is 82.3. The number of rotatable bonds is 1. The van der Waals surface area contributed by atoms with Gasteiger partial charge in [-0.15, -0.1) is 0 Å². The topological polar surface area (TPSA) is 22.1 Å². The summed E-state index contributed by atoms with van der Waals surface area (Å²) in [7, 11) is 1.72. The first-order chi connectivity index (χ1) is 39.5. The largest absolute Gasteiger partial charge is 0.497 e. The Morgan fingerprint density at radius 1 is 0.292 bits per heavy atom. The Bertz CT molecular complexity index is 2850. The zero-order chi connectivity index (χ0) is 70.1. The molecule has 0 amide bonds. The molecular formula is C85H133ClFNO. The number of pyridine rings is 1. The molecule has 0 aliphatic carbocycles. The van der Waals surface area contributed by atoms with Crippen molar-refractivity contribution in [2.24, 2.45) is 0 Å². The molecule has 0 aliphatic rings. The normalized spacial score (nSPS) is 12.9. The molecule has 0 unspecified atom stereocenters. The fourth-order valence-corrected chi connectivity index (χ4v) is 11.0. The maximum Gasteiger partial charge on any atom is 0.123 e. The standard InChI is InChI=1S/C15H24O.C15H24.C14H21Cl.C14H21F.C14H22.C13H21N/c1-14(2,3)12-9-8-11(16-7)10-13(12)15(4,5)6;1-11-8-9-12(14(2,3)4)13(10-11)15(5,6)7;2*1-13(2,3)11-8-7-10(15)9-12(11)14(4,5)6;1-13(2,3)11-9-7-8-10-12(11)14(4,5)6;1-12(2,3)10-8-7-9-14-11(10)13(4,5)6/h8-10H,1-7H3;8-10H,1-7H3;2*7-9H,1-6H3;7-10H,1-6H3;7-9H,1-6H3. The van der Waals surface area contributed by atoms with Crippen LogP contribution in [-0.2, 0) is 65.0 Å². The summed E-state index contributed by atoms with van der Waals surface area (Å²) in [4.78, 5) is 4.52. The Labute approximate surface area is 555 Å². The Morgan fingerprint density at radius 3 is 0.899 bits per heavy atom. The van der Waals surface area contributed by atoms with Gasteiger partial charge in [-0.3, -0.25) is 4.98 Å². The third-order valence-corrected chi connectivity index (χ3v) is 15.9. The lowest BCUT2D eigenvalue weighted by molar-refractivity contribution is 0.411. The Morgan fingerprint density at radius 2 is 0.573 bits per heavy atom. The maximum atomic E-state index is 13.3. The van der Waals surface area contributed by atoms with Crippen molar-refractivity contribution in [1.29, 1.82) is 0 Å². The lowest BCUT2D eigenvalue weighted by Gasteiger charge is -2.30. The van der Waals surface area contributed by atoms with Crippen LogP contribution in [0.15, 0.2) is 115 Å². The first-order valence-electron chi connectivity index (χ1n) is 33.0. The number of aryl methyl sites for hydroxylation is 1. The number of ether oxygens (including phenoxy) is 1. The van der Waals surface area contributed by atoms with E-state index >= 15 is 0 Å². The predicted molar refractivity (Wildman–Crippen MR) is 397 cm³/mol. The average molecular weight is 1240 g/mol. The van der Waals surface area contributed by atoms with Crippen molar-refractivity contribution < 1.29 is 9.13 Å². The van der Waals surface area contributed by atoms with E-state index in [1.165, 1.54) is 66.9 Å². The fourth-order valence-electron chi connectivity index (χ4n) is 10.8. The van der Waals surface area contributed by atoms with Gasteiger partial charge in [0, 0.05) is 22.3 Å². The van der Waals surface area contributed by atoms with E-state index in [1.54, 1.807) is 19.2 Å². The summed E-state index contributed by atoms with van der Waals surface area (Å²) in [5.41, 5.74) is 19.6. The third-order valence-electron chi connectivity index (χ3n) is 15.7. The highest BCUT2D eigenvalue weighted by atomic mass is 35.5. The highest BCUT2D eigenvalue weighted by Crippen LogP contribution is 2.40. The maximum absolute atomic E-state index is 13.3. The van der Waals surface area contributed by atoms with E-state index in [2.05, 4.69) is 340 Å². The minimum absolute atomic E-state index is 0.00921. The Hall–Kier alpha value is -4.73. The zero-order valence-electron chi connectivity index (χ0n) is 64.6. The molecule has 4 heteroatoms. The van der Waals surface area contributed by atoms with E-state index in [1.807, 2.05) is 24.4 Å². The number of halogens is 2. The second kappa shape index (κ2) is 30.4. The molecule has 6 rings (SSSR count). The molecule has 6 aromatic rings. The van der Waals surface area contributed by atoms with Gasteiger partial charge in [0.25, 0.3) is 0 Å².